The number of carbonyl (C=O) groups excluding carboxylic acids is 1. The second-order valence-electron chi connectivity index (χ2n) is 3.43. The lowest BCUT2D eigenvalue weighted by atomic mass is 10.1. The van der Waals surface area contributed by atoms with Crippen molar-refractivity contribution in [2.75, 3.05) is 6.61 Å². The number of hydrogen-bond donors (Lipinski definition) is 1. The Kier molecular flexibility index (Phi) is 2.56. The van der Waals surface area contributed by atoms with Crippen LogP contribution in [0.3, 0.4) is 0 Å². The lowest BCUT2D eigenvalue weighted by molar-refractivity contribution is 0.101. The van der Waals surface area contributed by atoms with Crippen LogP contribution in [0.15, 0.2) is 22.6 Å². The number of furan rings is 1. The van der Waals surface area contributed by atoms with E-state index in [-0.39, 0.29) is 17.1 Å². The second kappa shape index (κ2) is 3.89. The van der Waals surface area contributed by atoms with Crippen molar-refractivity contribution in [2.24, 2.45) is 0 Å². The van der Waals surface area contributed by atoms with Crippen LogP contribution in [0, 0.1) is 0 Å². The van der Waals surface area contributed by atoms with Crippen LogP contribution in [0.5, 0.6) is 11.7 Å². The fourth-order valence-corrected chi connectivity index (χ4v) is 1.66. The minimum Gasteiger partial charge on any atom is -0.507 e. The molecule has 16 heavy (non-hydrogen) atoms. The molecule has 4 heteroatoms. The van der Waals surface area contributed by atoms with Gasteiger partial charge in [0.2, 0.25) is 0 Å². The summed E-state index contributed by atoms with van der Waals surface area (Å²) >= 11 is 0. The van der Waals surface area contributed by atoms with E-state index in [2.05, 4.69) is 0 Å². The van der Waals surface area contributed by atoms with Crippen LogP contribution in [-0.4, -0.2) is 17.5 Å². The molecule has 0 saturated carbocycles. The summed E-state index contributed by atoms with van der Waals surface area (Å²) < 4.78 is 10.6. The van der Waals surface area contributed by atoms with Crippen LogP contribution < -0.4 is 4.74 Å². The van der Waals surface area contributed by atoms with Crippen LogP contribution in [0.1, 0.15) is 24.2 Å². The largest absolute Gasteiger partial charge is 0.507 e. The van der Waals surface area contributed by atoms with E-state index in [0.717, 1.165) is 0 Å². The van der Waals surface area contributed by atoms with Crippen molar-refractivity contribution in [1.29, 1.82) is 0 Å². The molecule has 84 valence electrons. The van der Waals surface area contributed by atoms with Gasteiger partial charge in [0.1, 0.15) is 11.3 Å². The van der Waals surface area contributed by atoms with E-state index >= 15 is 0 Å². The molecule has 0 radical (unpaired) electrons. The number of phenols is 1. The first kappa shape index (κ1) is 10.5. The van der Waals surface area contributed by atoms with Gasteiger partial charge < -0.3 is 14.3 Å². The maximum atomic E-state index is 11.4. The number of rotatable bonds is 3. The van der Waals surface area contributed by atoms with Gasteiger partial charge in [-0.3, -0.25) is 4.79 Å². The molecular formula is C12H12O4. The van der Waals surface area contributed by atoms with Gasteiger partial charge in [0.25, 0.3) is 5.95 Å². The molecule has 0 aliphatic carbocycles. The standard InChI is InChI=1S/C12H12O4/c1-3-15-11-6-8-10(16-11)5-4-9(14)12(8)7(2)13/h4-6,14H,3H2,1-2H3. The Bertz CT molecular complexity index is 539. The Morgan fingerprint density at radius 3 is 2.88 bits per heavy atom. The number of Topliss-reactive ketones (excluding diaryl/α,β-unsaturated/α-hetero) is 1. The minimum absolute atomic E-state index is 0.0381. The first-order valence-corrected chi connectivity index (χ1v) is 5.02. The molecule has 0 aliphatic rings. The lowest BCUT2D eigenvalue weighted by Gasteiger charge is -1.99. The molecule has 1 heterocycles. The zero-order chi connectivity index (χ0) is 11.7. The summed E-state index contributed by atoms with van der Waals surface area (Å²) in [4.78, 5) is 11.4. The van der Waals surface area contributed by atoms with E-state index in [1.807, 2.05) is 6.92 Å². The Morgan fingerprint density at radius 1 is 1.50 bits per heavy atom. The van der Waals surface area contributed by atoms with E-state index < -0.39 is 0 Å². The van der Waals surface area contributed by atoms with Crippen molar-refractivity contribution < 1.29 is 19.1 Å². The van der Waals surface area contributed by atoms with E-state index in [0.29, 0.717) is 23.5 Å². The number of benzene rings is 1. The lowest BCUT2D eigenvalue weighted by Crippen LogP contribution is -1.93. The van der Waals surface area contributed by atoms with Crippen LogP contribution in [0.25, 0.3) is 11.0 Å². The topological polar surface area (TPSA) is 59.7 Å². The number of ketones is 1. The van der Waals surface area contributed by atoms with E-state index in [1.54, 1.807) is 12.1 Å². The molecule has 2 aromatic rings. The average molecular weight is 220 g/mol. The Labute approximate surface area is 92.4 Å². The molecule has 4 nitrogen and oxygen atoms in total. The van der Waals surface area contributed by atoms with E-state index in [4.69, 9.17) is 9.15 Å². The van der Waals surface area contributed by atoms with Crippen LogP contribution in [-0.2, 0) is 0 Å². The highest BCUT2D eigenvalue weighted by atomic mass is 16.6. The molecule has 0 unspecified atom stereocenters. The number of hydrogen-bond acceptors (Lipinski definition) is 4. The van der Waals surface area contributed by atoms with Gasteiger partial charge >= 0.3 is 0 Å². The first-order valence-electron chi connectivity index (χ1n) is 5.02. The SMILES string of the molecule is CCOc1cc2c(C(C)=O)c(O)ccc2o1. The predicted molar refractivity (Wildman–Crippen MR) is 59.1 cm³/mol. The van der Waals surface area contributed by atoms with Crippen molar-refractivity contribution >= 4 is 16.8 Å². The van der Waals surface area contributed by atoms with Gasteiger partial charge in [0, 0.05) is 11.5 Å². The number of aromatic hydroxyl groups is 1. The number of carbonyl (C=O) groups is 1. The third kappa shape index (κ3) is 1.62. The number of phenolic OH excluding ortho intramolecular Hbond substituents is 1. The molecule has 0 amide bonds. The monoisotopic (exact) mass is 220 g/mol. The molecule has 1 aromatic carbocycles. The summed E-state index contributed by atoms with van der Waals surface area (Å²) in [7, 11) is 0. The molecule has 2 rings (SSSR count). The summed E-state index contributed by atoms with van der Waals surface area (Å²) in [6.07, 6.45) is 0. The van der Waals surface area contributed by atoms with Gasteiger partial charge in [-0.2, -0.15) is 0 Å². The first-order chi connectivity index (χ1) is 7.63. The van der Waals surface area contributed by atoms with Gasteiger partial charge in [-0.05, 0) is 26.0 Å². The van der Waals surface area contributed by atoms with Crippen LogP contribution in [0.2, 0.25) is 0 Å². The highest BCUT2D eigenvalue weighted by Gasteiger charge is 2.15. The normalized spacial score (nSPS) is 10.6. The fourth-order valence-electron chi connectivity index (χ4n) is 1.66. The molecule has 1 aromatic heterocycles. The zero-order valence-electron chi connectivity index (χ0n) is 9.11. The maximum Gasteiger partial charge on any atom is 0.285 e. The van der Waals surface area contributed by atoms with E-state index in [9.17, 15) is 9.90 Å². The third-order valence-corrected chi connectivity index (χ3v) is 2.29. The molecule has 0 bridgehead atoms. The Morgan fingerprint density at radius 2 is 2.25 bits per heavy atom. The summed E-state index contributed by atoms with van der Waals surface area (Å²) in [6.45, 7) is 3.74. The molecule has 0 saturated heterocycles. The summed E-state index contributed by atoms with van der Waals surface area (Å²) in [5.41, 5.74) is 0.804. The highest BCUT2D eigenvalue weighted by molar-refractivity contribution is 6.08. The molecule has 0 aliphatic heterocycles. The minimum atomic E-state index is -0.202. The number of ether oxygens (including phenoxy) is 1. The van der Waals surface area contributed by atoms with Gasteiger partial charge in [-0.15, -0.1) is 0 Å². The third-order valence-electron chi connectivity index (χ3n) is 2.29. The van der Waals surface area contributed by atoms with Gasteiger partial charge in [-0.1, -0.05) is 0 Å². The molecule has 0 atom stereocenters. The molecular weight excluding hydrogens is 208 g/mol. The molecule has 0 fully saturated rings. The quantitative estimate of drug-likeness (QED) is 0.808. The van der Waals surface area contributed by atoms with Gasteiger partial charge in [0.15, 0.2) is 5.78 Å². The summed E-state index contributed by atoms with van der Waals surface area (Å²) in [5, 5.41) is 10.2. The average Bonchev–Trinajstić information content (AvgIpc) is 2.59. The summed E-state index contributed by atoms with van der Waals surface area (Å²) in [6, 6.07) is 4.67. The second-order valence-corrected chi connectivity index (χ2v) is 3.43. The van der Waals surface area contributed by atoms with Gasteiger partial charge in [-0.25, -0.2) is 0 Å². The van der Waals surface area contributed by atoms with Crippen molar-refractivity contribution in [2.45, 2.75) is 13.8 Å². The van der Waals surface area contributed by atoms with E-state index in [1.165, 1.54) is 13.0 Å². The zero-order valence-corrected chi connectivity index (χ0v) is 9.11. The van der Waals surface area contributed by atoms with Crippen molar-refractivity contribution in [3.05, 3.63) is 23.8 Å². The van der Waals surface area contributed by atoms with Crippen LogP contribution >= 0.6 is 0 Å². The van der Waals surface area contributed by atoms with Gasteiger partial charge in [0.05, 0.1) is 12.2 Å². The van der Waals surface area contributed by atoms with Crippen molar-refractivity contribution in [3.8, 4) is 11.7 Å². The molecule has 0 spiro atoms. The van der Waals surface area contributed by atoms with Crippen molar-refractivity contribution in [3.63, 3.8) is 0 Å². The highest BCUT2D eigenvalue weighted by Crippen LogP contribution is 2.32. The fraction of sp³-hybridized carbons (Fsp3) is 0.250. The number of fused-ring (bicyclic) bond motifs is 1. The maximum absolute atomic E-state index is 11.4. The van der Waals surface area contributed by atoms with Crippen molar-refractivity contribution in [1.82, 2.24) is 0 Å². The molecule has 1 N–H and O–H groups in total. The predicted octanol–water partition coefficient (Wildman–Crippen LogP) is 2.74. The van der Waals surface area contributed by atoms with Crippen LogP contribution in [0.4, 0.5) is 0 Å². The Hall–Kier alpha value is -1.97. The summed E-state index contributed by atoms with van der Waals surface area (Å²) in [5.74, 6) is 0.112. The smallest absolute Gasteiger partial charge is 0.285 e. The Balaban J connectivity index is 2.67.